The Labute approximate surface area is 424 Å². The Bertz CT molecular complexity index is 2170. The summed E-state index contributed by atoms with van der Waals surface area (Å²) in [6.07, 6.45) is -0.485. The first-order valence-corrected chi connectivity index (χ1v) is 23.9. The number of esters is 1. The summed E-state index contributed by atoms with van der Waals surface area (Å²) in [6, 6.07) is 10.9. The fourth-order valence-electron chi connectivity index (χ4n) is 7.93. The number of aliphatic imine (C=N–C) groups is 1. The van der Waals surface area contributed by atoms with E-state index in [-0.39, 0.29) is 63.4 Å². The molecule has 0 spiro atoms. The summed E-state index contributed by atoms with van der Waals surface area (Å²) in [6.45, 7) is 12.4. The number of nitrogens with zero attached hydrogens (tertiary/aromatic N) is 1. The van der Waals surface area contributed by atoms with Crippen molar-refractivity contribution in [1.82, 2.24) is 5.32 Å². The van der Waals surface area contributed by atoms with Crippen LogP contribution in [-0.2, 0) is 57.6 Å². The zero-order chi connectivity index (χ0) is 51.8. The van der Waals surface area contributed by atoms with Crippen LogP contribution in [0, 0.1) is 17.0 Å². The van der Waals surface area contributed by atoms with Crippen LogP contribution in [0.5, 0.6) is 5.75 Å². The van der Waals surface area contributed by atoms with Crippen molar-refractivity contribution in [2.24, 2.45) is 10.4 Å². The summed E-state index contributed by atoms with van der Waals surface area (Å²) in [5.74, 6) is -3.99. The SMILES string of the molecule is CN=C[C@]1(c2ccc(Cl)cc2F)[C@H](CC(C)(C)C)N[C@@H](C(=O)Nc2ccc(C(=O)OC(C)OC(=O)OCCOCCOCCOCCOCCOCCOCCOC)cc2OC)[C@@H]1c1cccc(Cl)c1F. The van der Waals surface area contributed by atoms with Crippen LogP contribution in [0.4, 0.5) is 19.3 Å². The predicted octanol–water partition coefficient (Wildman–Crippen LogP) is 7.82. The molecule has 3 aromatic rings. The lowest BCUT2D eigenvalue weighted by molar-refractivity contribution is -0.118. The Morgan fingerprint density at radius 3 is 1.90 bits per heavy atom. The number of nitrogens with one attached hydrogen (secondary N) is 2. The van der Waals surface area contributed by atoms with Crippen LogP contribution in [0.3, 0.4) is 0 Å². The van der Waals surface area contributed by atoms with Gasteiger partial charge < -0.3 is 62.7 Å². The van der Waals surface area contributed by atoms with Gasteiger partial charge in [0.15, 0.2) is 0 Å². The number of anilines is 1. The smallest absolute Gasteiger partial charge is 0.495 e. The topological polar surface area (TPSA) is 189 Å². The minimum atomic E-state index is -1.44. The second-order valence-corrected chi connectivity index (χ2v) is 18.1. The van der Waals surface area contributed by atoms with Gasteiger partial charge in [0, 0.05) is 49.8 Å². The highest BCUT2D eigenvalue weighted by atomic mass is 35.5. The molecule has 1 unspecified atom stereocenters. The lowest BCUT2D eigenvalue weighted by Crippen LogP contribution is -2.47. The van der Waals surface area contributed by atoms with Gasteiger partial charge in [-0.1, -0.05) is 62.2 Å². The number of carbonyl (C=O) groups is 3. The molecule has 0 aliphatic carbocycles. The van der Waals surface area contributed by atoms with Crippen LogP contribution >= 0.6 is 23.2 Å². The highest BCUT2D eigenvalue weighted by Gasteiger charge is 2.59. The van der Waals surface area contributed by atoms with Gasteiger partial charge in [-0.25, -0.2) is 18.4 Å². The van der Waals surface area contributed by atoms with Gasteiger partial charge in [-0.3, -0.25) is 9.79 Å². The maximum atomic E-state index is 16.3. The van der Waals surface area contributed by atoms with Crippen molar-refractivity contribution in [2.45, 2.75) is 63.8 Å². The number of methoxy groups -OCH3 is 2. The highest BCUT2D eigenvalue weighted by Crippen LogP contribution is 2.52. The van der Waals surface area contributed by atoms with Crippen molar-refractivity contribution in [3.05, 3.63) is 93.0 Å². The molecule has 1 heterocycles. The highest BCUT2D eigenvalue weighted by molar-refractivity contribution is 6.31. The van der Waals surface area contributed by atoms with E-state index in [1.54, 1.807) is 19.4 Å². The summed E-state index contributed by atoms with van der Waals surface area (Å²) in [5.41, 5.74) is -1.46. The van der Waals surface area contributed by atoms with Gasteiger partial charge in [0.25, 0.3) is 0 Å². The minimum absolute atomic E-state index is 0.00645. The van der Waals surface area contributed by atoms with Crippen LogP contribution in [0.25, 0.3) is 0 Å². The Hall–Kier alpha value is -4.54. The third-order valence-corrected chi connectivity index (χ3v) is 11.5. The number of amides is 1. The number of carbonyl (C=O) groups excluding carboxylic acids is 3. The van der Waals surface area contributed by atoms with E-state index in [2.05, 4.69) is 15.6 Å². The van der Waals surface area contributed by atoms with Gasteiger partial charge in [0.1, 0.15) is 24.0 Å². The van der Waals surface area contributed by atoms with Gasteiger partial charge in [0.2, 0.25) is 12.2 Å². The van der Waals surface area contributed by atoms with E-state index in [0.29, 0.717) is 79.1 Å². The van der Waals surface area contributed by atoms with E-state index in [9.17, 15) is 14.4 Å². The van der Waals surface area contributed by atoms with E-state index in [4.69, 9.17) is 75.3 Å². The summed E-state index contributed by atoms with van der Waals surface area (Å²) >= 11 is 12.6. The maximum Gasteiger partial charge on any atom is 0.511 e. The lowest BCUT2D eigenvalue weighted by atomic mass is 9.62. The number of rotatable bonds is 31. The average molecular weight is 1040 g/mol. The summed E-state index contributed by atoms with van der Waals surface area (Å²) in [4.78, 5) is 44.5. The zero-order valence-electron chi connectivity index (χ0n) is 41.4. The molecule has 71 heavy (non-hydrogen) atoms. The standard InChI is InChI=1S/C50H67Cl2F2N3O14/c1-33(71-48(60)69-28-27-68-26-25-67-24-23-66-22-21-65-20-19-64-18-17-63-16-15-61-6)70-47(59)34-11-14-40(41(29-34)62-7)56-46(58)45-43(36-9-8-10-38(52)44(36)54)50(32-55-5,42(57-45)31-49(2,3)4)37-13-12-35(51)30-39(37)53/h8-14,29-30,32-33,42-43,45,57H,15-28,31H2,1-7H3,(H,56,58)/t33?,42-,43-,45+,50-/m0/s1. The van der Waals surface area contributed by atoms with Crippen LogP contribution in [0.15, 0.2) is 59.6 Å². The fraction of sp³-hybridized carbons (Fsp3) is 0.560. The summed E-state index contributed by atoms with van der Waals surface area (Å²) < 4.78 is 90.9. The Morgan fingerprint density at radius 1 is 0.789 bits per heavy atom. The second-order valence-electron chi connectivity index (χ2n) is 17.3. The molecule has 21 heteroatoms. The Morgan fingerprint density at radius 2 is 1.37 bits per heavy atom. The molecule has 5 atom stereocenters. The van der Waals surface area contributed by atoms with Crippen LogP contribution in [-0.4, -0.2) is 156 Å². The van der Waals surface area contributed by atoms with E-state index < -0.39 is 59.4 Å². The maximum absolute atomic E-state index is 16.3. The van der Waals surface area contributed by atoms with Gasteiger partial charge >= 0.3 is 12.1 Å². The first-order valence-electron chi connectivity index (χ1n) is 23.1. The molecular formula is C50H67Cl2F2N3O14. The van der Waals surface area contributed by atoms with Crippen LogP contribution in [0.2, 0.25) is 10.0 Å². The molecule has 0 aromatic heterocycles. The van der Waals surface area contributed by atoms with Crippen molar-refractivity contribution >= 4 is 53.1 Å². The summed E-state index contributed by atoms with van der Waals surface area (Å²) in [5, 5.41) is 6.25. The number of benzene rings is 3. The van der Waals surface area contributed by atoms with Gasteiger partial charge in [0.05, 0.1) is 121 Å². The molecule has 1 fully saturated rings. The molecule has 4 rings (SSSR count). The van der Waals surface area contributed by atoms with Crippen molar-refractivity contribution in [3.63, 3.8) is 0 Å². The van der Waals surface area contributed by atoms with Crippen molar-refractivity contribution < 1.29 is 75.3 Å². The number of ether oxygens (including phenoxy) is 11. The van der Waals surface area contributed by atoms with E-state index >= 15 is 8.78 Å². The Balaban J connectivity index is 1.26. The number of halogens is 4. The molecular weight excluding hydrogens is 975 g/mol. The van der Waals surface area contributed by atoms with Crippen molar-refractivity contribution in [2.75, 3.05) is 119 Å². The first-order chi connectivity index (χ1) is 34.1. The number of hydrogen-bond donors (Lipinski definition) is 2. The fourth-order valence-corrected chi connectivity index (χ4v) is 8.27. The van der Waals surface area contributed by atoms with Crippen LogP contribution in [0.1, 0.15) is 61.5 Å². The minimum Gasteiger partial charge on any atom is -0.495 e. The molecule has 0 saturated carbocycles. The largest absolute Gasteiger partial charge is 0.511 e. The van der Waals surface area contributed by atoms with Crippen molar-refractivity contribution in [1.29, 1.82) is 0 Å². The average Bonchev–Trinajstić information content (AvgIpc) is 3.62. The zero-order valence-corrected chi connectivity index (χ0v) is 42.9. The molecule has 17 nitrogen and oxygen atoms in total. The molecule has 0 bridgehead atoms. The second kappa shape index (κ2) is 30.5. The van der Waals surface area contributed by atoms with Gasteiger partial charge in [-0.05, 0) is 53.8 Å². The lowest BCUT2D eigenvalue weighted by Gasteiger charge is -2.40. The van der Waals surface area contributed by atoms with Crippen molar-refractivity contribution in [3.8, 4) is 5.75 Å². The quantitative estimate of drug-likeness (QED) is 0.0275. The molecule has 1 amide bonds. The van der Waals surface area contributed by atoms with Crippen LogP contribution < -0.4 is 15.4 Å². The Kier molecular flexibility index (Phi) is 25.3. The third-order valence-electron chi connectivity index (χ3n) is 10.9. The van der Waals surface area contributed by atoms with E-state index in [1.807, 2.05) is 20.8 Å². The molecule has 2 N–H and O–H groups in total. The monoisotopic (exact) mass is 1040 g/mol. The molecule has 1 aliphatic rings. The van der Waals surface area contributed by atoms with Gasteiger partial charge in [-0.2, -0.15) is 0 Å². The van der Waals surface area contributed by atoms with E-state index in [1.165, 1.54) is 69.6 Å². The molecule has 1 saturated heterocycles. The predicted molar refractivity (Wildman–Crippen MR) is 262 cm³/mol. The van der Waals surface area contributed by atoms with E-state index in [0.717, 1.165) is 0 Å². The summed E-state index contributed by atoms with van der Waals surface area (Å²) in [7, 11) is 4.48. The van der Waals surface area contributed by atoms with Gasteiger partial charge in [-0.15, -0.1) is 0 Å². The molecule has 1 aliphatic heterocycles. The third kappa shape index (κ3) is 18.5. The molecule has 0 radical (unpaired) electrons. The number of hydrogen-bond acceptors (Lipinski definition) is 16. The molecule has 3 aromatic carbocycles. The molecule has 394 valence electrons. The normalized spacial score (nSPS) is 18.4. The first kappa shape index (κ1) is 59.0.